The Hall–Kier alpha value is -2.83. The van der Waals surface area contributed by atoms with Gasteiger partial charge in [0.15, 0.2) is 0 Å². The summed E-state index contributed by atoms with van der Waals surface area (Å²) in [6.45, 7) is 2.16. The molecule has 4 aromatic rings. The van der Waals surface area contributed by atoms with Gasteiger partial charge < -0.3 is 0 Å². The molecule has 0 saturated heterocycles. The lowest BCUT2D eigenvalue weighted by molar-refractivity contribution is 1.14. The van der Waals surface area contributed by atoms with Gasteiger partial charge in [-0.3, -0.25) is 0 Å². The summed E-state index contributed by atoms with van der Waals surface area (Å²) in [7, 11) is 0. The number of rotatable bonds is 4. The molecule has 0 aliphatic carbocycles. The second-order valence-corrected chi connectivity index (χ2v) is 7.06. The van der Waals surface area contributed by atoms with Crippen molar-refractivity contribution in [2.45, 2.75) is 13.3 Å². The molecule has 0 amide bonds. The molecule has 0 aliphatic heterocycles. The van der Waals surface area contributed by atoms with Crippen LogP contribution < -0.4 is 0 Å². The smallest absolute Gasteiger partial charge is 0.0450 e. The Morgan fingerprint density at radius 2 is 1.11 bits per heavy atom. The van der Waals surface area contributed by atoms with Gasteiger partial charge in [-0.25, -0.2) is 0 Å². The monoisotopic (exact) mass is 368 g/mol. The maximum absolute atomic E-state index is 6.69. The molecule has 0 aliphatic rings. The zero-order valence-electron chi connectivity index (χ0n) is 15.3. The maximum atomic E-state index is 6.69. The second-order valence-electron chi connectivity index (χ2n) is 6.65. The van der Waals surface area contributed by atoms with Crippen molar-refractivity contribution in [1.29, 1.82) is 0 Å². The largest absolute Gasteiger partial charge is 0.0840 e. The van der Waals surface area contributed by atoms with E-state index in [2.05, 4.69) is 91.9 Å². The van der Waals surface area contributed by atoms with E-state index in [-0.39, 0.29) is 0 Å². The summed E-state index contributed by atoms with van der Waals surface area (Å²) in [5.74, 6) is 0. The van der Waals surface area contributed by atoms with Gasteiger partial charge in [0.05, 0.1) is 0 Å². The van der Waals surface area contributed by atoms with Gasteiger partial charge in [-0.05, 0) is 63.6 Å². The third kappa shape index (κ3) is 3.67. The molecule has 0 atom stereocenters. The fourth-order valence-corrected chi connectivity index (χ4v) is 3.90. The number of benzene rings is 4. The SMILES string of the molecule is CCc1c(Cl)cc(-c2ccccc2)cc1-c1cccc(-c2ccccc2)c1. The quantitative estimate of drug-likeness (QED) is 0.343. The average Bonchev–Trinajstić information content (AvgIpc) is 2.74. The highest BCUT2D eigenvalue weighted by Crippen LogP contribution is 2.36. The molecule has 0 unspecified atom stereocenters. The minimum Gasteiger partial charge on any atom is -0.0840 e. The molecular weight excluding hydrogens is 348 g/mol. The molecule has 0 bridgehead atoms. The highest BCUT2D eigenvalue weighted by Gasteiger charge is 2.12. The molecule has 132 valence electrons. The number of hydrogen-bond donors (Lipinski definition) is 0. The lowest BCUT2D eigenvalue weighted by Gasteiger charge is -2.15. The van der Waals surface area contributed by atoms with Crippen molar-refractivity contribution in [2.75, 3.05) is 0 Å². The van der Waals surface area contributed by atoms with E-state index in [4.69, 9.17) is 11.6 Å². The molecule has 0 aromatic heterocycles. The number of hydrogen-bond acceptors (Lipinski definition) is 0. The molecule has 4 aromatic carbocycles. The fraction of sp³-hybridized carbons (Fsp3) is 0.0769. The minimum absolute atomic E-state index is 0.832. The Balaban J connectivity index is 1.87. The van der Waals surface area contributed by atoms with Crippen molar-refractivity contribution in [3.8, 4) is 33.4 Å². The van der Waals surface area contributed by atoms with Crippen LogP contribution in [0, 0.1) is 0 Å². The Morgan fingerprint density at radius 3 is 1.74 bits per heavy atom. The third-order valence-electron chi connectivity index (χ3n) is 4.94. The van der Waals surface area contributed by atoms with Crippen LogP contribution in [0.25, 0.3) is 33.4 Å². The van der Waals surface area contributed by atoms with Crippen molar-refractivity contribution in [2.24, 2.45) is 0 Å². The highest BCUT2D eigenvalue weighted by atomic mass is 35.5. The Kier molecular flexibility index (Phi) is 5.09. The zero-order valence-corrected chi connectivity index (χ0v) is 16.1. The van der Waals surface area contributed by atoms with Crippen LogP contribution in [0.4, 0.5) is 0 Å². The Labute approximate surface area is 166 Å². The van der Waals surface area contributed by atoms with Crippen LogP contribution in [0.5, 0.6) is 0 Å². The Bertz CT molecular complexity index is 1050. The van der Waals surface area contributed by atoms with Crippen molar-refractivity contribution >= 4 is 11.6 Å². The van der Waals surface area contributed by atoms with E-state index in [1.807, 2.05) is 12.1 Å². The highest BCUT2D eigenvalue weighted by molar-refractivity contribution is 6.32. The summed E-state index contributed by atoms with van der Waals surface area (Å²) in [5.41, 5.74) is 8.38. The van der Waals surface area contributed by atoms with Crippen LogP contribution in [0.1, 0.15) is 12.5 Å². The normalized spacial score (nSPS) is 10.7. The first-order chi connectivity index (χ1) is 13.3. The van der Waals surface area contributed by atoms with Crippen LogP contribution in [0.2, 0.25) is 5.02 Å². The van der Waals surface area contributed by atoms with Gasteiger partial charge >= 0.3 is 0 Å². The first-order valence-corrected chi connectivity index (χ1v) is 9.68. The van der Waals surface area contributed by atoms with E-state index in [1.54, 1.807) is 0 Å². The predicted octanol–water partition coefficient (Wildman–Crippen LogP) is 7.90. The zero-order chi connectivity index (χ0) is 18.6. The van der Waals surface area contributed by atoms with Crippen LogP contribution in [0.3, 0.4) is 0 Å². The molecule has 0 heterocycles. The standard InChI is InChI=1S/C26H21Cl/c1-2-24-25(17-23(18-26(24)27)20-12-7-4-8-13-20)22-15-9-14-21(16-22)19-10-5-3-6-11-19/h3-18H,2H2,1H3. The van der Waals surface area contributed by atoms with Gasteiger partial charge in [0.2, 0.25) is 0 Å². The lowest BCUT2D eigenvalue weighted by atomic mass is 9.91. The second kappa shape index (κ2) is 7.82. The summed E-state index contributed by atoms with van der Waals surface area (Å²) < 4.78 is 0. The van der Waals surface area contributed by atoms with Crippen molar-refractivity contribution < 1.29 is 0 Å². The minimum atomic E-state index is 0.832. The van der Waals surface area contributed by atoms with E-state index in [1.165, 1.54) is 33.4 Å². The van der Waals surface area contributed by atoms with E-state index >= 15 is 0 Å². The van der Waals surface area contributed by atoms with Crippen LogP contribution >= 0.6 is 11.6 Å². The van der Waals surface area contributed by atoms with E-state index < -0.39 is 0 Å². The molecule has 0 nitrogen and oxygen atoms in total. The van der Waals surface area contributed by atoms with Crippen molar-refractivity contribution in [1.82, 2.24) is 0 Å². The van der Waals surface area contributed by atoms with Gasteiger partial charge in [-0.1, -0.05) is 97.4 Å². The van der Waals surface area contributed by atoms with Crippen molar-refractivity contribution in [3.63, 3.8) is 0 Å². The molecule has 0 N–H and O–H groups in total. The third-order valence-corrected chi connectivity index (χ3v) is 5.27. The molecule has 27 heavy (non-hydrogen) atoms. The van der Waals surface area contributed by atoms with Crippen molar-refractivity contribution in [3.05, 3.63) is 108 Å². The average molecular weight is 369 g/mol. The molecule has 1 heteroatoms. The van der Waals surface area contributed by atoms with Gasteiger partial charge in [0.1, 0.15) is 0 Å². The van der Waals surface area contributed by atoms with E-state index in [9.17, 15) is 0 Å². The molecule has 0 fully saturated rings. The summed E-state index contributed by atoms with van der Waals surface area (Å²) in [4.78, 5) is 0. The first kappa shape index (κ1) is 17.6. The van der Waals surface area contributed by atoms with Gasteiger partial charge in [0.25, 0.3) is 0 Å². The maximum Gasteiger partial charge on any atom is 0.0450 e. The van der Waals surface area contributed by atoms with Gasteiger partial charge in [0, 0.05) is 5.02 Å². The molecule has 4 rings (SSSR count). The molecule has 0 spiro atoms. The molecule has 0 radical (unpaired) electrons. The summed E-state index contributed by atoms with van der Waals surface area (Å²) >= 11 is 6.69. The summed E-state index contributed by atoms with van der Waals surface area (Å²) in [6, 6.07) is 34.0. The van der Waals surface area contributed by atoms with E-state index in [0.717, 1.165) is 17.0 Å². The Morgan fingerprint density at radius 1 is 0.556 bits per heavy atom. The summed E-state index contributed by atoms with van der Waals surface area (Å²) in [6.07, 6.45) is 0.902. The fourth-order valence-electron chi connectivity index (χ4n) is 3.55. The van der Waals surface area contributed by atoms with Crippen LogP contribution in [-0.2, 0) is 6.42 Å². The van der Waals surface area contributed by atoms with E-state index in [0.29, 0.717) is 0 Å². The summed E-state index contributed by atoms with van der Waals surface area (Å²) in [5, 5.41) is 0.832. The molecule has 0 saturated carbocycles. The lowest BCUT2D eigenvalue weighted by Crippen LogP contribution is -1.92. The van der Waals surface area contributed by atoms with Crippen LogP contribution in [0.15, 0.2) is 97.1 Å². The topological polar surface area (TPSA) is 0 Å². The predicted molar refractivity (Wildman–Crippen MR) is 117 cm³/mol. The van der Waals surface area contributed by atoms with Crippen LogP contribution in [-0.4, -0.2) is 0 Å². The first-order valence-electron chi connectivity index (χ1n) is 9.30. The molecular formula is C26H21Cl. The van der Waals surface area contributed by atoms with Gasteiger partial charge in [-0.15, -0.1) is 0 Å². The van der Waals surface area contributed by atoms with Gasteiger partial charge in [-0.2, -0.15) is 0 Å². The number of halogens is 1.